The van der Waals surface area contributed by atoms with E-state index in [1.807, 2.05) is 18.2 Å². The highest BCUT2D eigenvalue weighted by Crippen LogP contribution is 2.07. The zero-order valence-corrected chi connectivity index (χ0v) is 12.2. The Bertz CT molecular complexity index is 625. The number of hydrogen-bond acceptors (Lipinski definition) is 5. The number of carbonyl (C=O) groups is 2. The molecule has 0 radical (unpaired) electrons. The number of carbonyl (C=O) groups excluding carboxylic acids is 2. The zero-order chi connectivity index (χ0) is 15.8. The molecule has 7 nitrogen and oxygen atoms in total. The maximum Gasteiger partial charge on any atom is 0.273 e. The fraction of sp³-hybridized carbons (Fsp3) is 0.267. The Hall–Kier alpha value is -2.83. The largest absolute Gasteiger partial charge is 0.484 e. The Kier molecular flexibility index (Phi) is 5.53. The van der Waals surface area contributed by atoms with E-state index in [0.717, 1.165) is 0 Å². The van der Waals surface area contributed by atoms with E-state index in [1.54, 1.807) is 25.1 Å². The van der Waals surface area contributed by atoms with Gasteiger partial charge in [0, 0.05) is 19.2 Å². The summed E-state index contributed by atoms with van der Waals surface area (Å²) in [6.45, 7) is 2.23. The van der Waals surface area contributed by atoms with Crippen LogP contribution >= 0.6 is 0 Å². The number of para-hydroxylation sites is 1. The van der Waals surface area contributed by atoms with Crippen molar-refractivity contribution in [3.63, 3.8) is 0 Å². The van der Waals surface area contributed by atoms with E-state index in [2.05, 4.69) is 15.8 Å². The Morgan fingerprint density at radius 1 is 1.18 bits per heavy atom. The van der Waals surface area contributed by atoms with Gasteiger partial charge in [0.1, 0.15) is 11.5 Å². The van der Waals surface area contributed by atoms with Gasteiger partial charge in [-0.15, -0.1) is 0 Å². The van der Waals surface area contributed by atoms with Crippen LogP contribution in [0.25, 0.3) is 0 Å². The van der Waals surface area contributed by atoms with Crippen molar-refractivity contribution >= 4 is 11.8 Å². The second-order valence-electron chi connectivity index (χ2n) is 4.53. The highest BCUT2D eigenvalue weighted by atomic mass is 16.5. The van der Waals surface area contributed by atoms with Crippen molar-refractivity contribution in [1.29, 1.82) is 0 Å². The lowest BCUT2D eigenvalue weighted by atomic mass is 10.3. The number of nitrogens with one attached hydrogen (secondary N) is 2. The number of aryl methyl sites for hydroxylation is 1. The summed E-state index contributed by atoms with van der Waals surface area (Å²) in [4.78, 5) is 23.2. The van der Waals surface area contributed by atoms with Gasteiger partial charge < -0.3 is 19.9 Å². The van der Waals surface area contributed by atoms with Crippen LogP contribution in [0.15, 0.2) is 40.9 Å². The van der Waals surface area contributed by atoms with E-state index in [1.165, 1.54) is 0 Å². The predicted octanol–water partition coefficient (Wildman–Crippen LogP) is 0.908. The molecule has 2 aromatic rings. The van der Waals surface area contributed by atoms with Gasteiger partial charge in [0.2, 0.25) is 0 Å². The summed E-state index contributed by atoms with van der Waals surface area (Å²) in [5, 5.41) is 8.87. The standard InChI is InChI=1S/C15H17N3O4/c1-11-9-13(18-22-11)15(20)17-8-7-16-14(19)10-21-12-5-3-2-4-6-12/h2-6,9H,7-8,10H2,1H3,(H,16,19)(H,17,20). The van der Waals surface area contributed by atoms with Gasteiger partial charge in [0.25, 0.3) is 11.8 Å². The molecule has 1 aromatic carbocycles. The molecule has 0 unspecified atom stereocenters. The normalized spacial score (nSPS) is 10.0. The van der Waals surface area contributed by atoms with Gasteiger partial charge in [-0.3, -0.25) is 9.59 Å². The number of hydrogen-bond donors (Lipinski definition) is 2. The van der Waals surface area contributed by atoms with Gasteiger partial charge in [0.05, 0.1) is 0 Å². The molecule has 0 spiro atoms. The summed E-state index contributed by atoms with van der Waals surface area (Å²) in [6.07, 6.45) is 0. The van der Waals surface area contributed by atoms with Gasteiger partial charge >= 0.3 is 0 Å². The fourth-order valence-corrected chi connectivity index (χ4v) is 1.66. The first-order valence-corrected chi connectivity index (χ1v) is 6.81. The minimum absolute atomic E-state index is 0.0690. The summed E-state index contributed by atoms with van der Waals surface area (Å²) in [5.41, 5.74) is 0.219. The Balaban J connectivity index is 1.60. The molecule has 0 aliphatic rings. The lowest BCUT2D eigenvalue weighted by molar-refractivity contribution is -0.123. The first-order chi connectivity index (χ1) is 10.6. The van der Waals surface area contributed by atoms with Gasteiger partial charge in [-0.1, -0.05) is 23.4 Å². The third-order valence-electron chi connectivity index (χ3n) is 2.71. The van der Waals surface area contributed by atoms with Crippen molar-refractivity contribution in [2.24, 2.45) is 0 Å². The Labute approximate surface area is 127 Å². The highest BCUT2D eigenvalue weighted by molar-refractivity contribution is 5.92. The number of benzene rings is 1. The molecule has 0 atom stereocenters. The fourth-order valence-electron chi connectivity index (χ4n) is 1.66. The molecule has 0 saturated carbocycles. The maximum atomic E-state index is 11.6. The average molecular weight is 303 g/mol. The molecule has 1 heterocycles. The molecule has 1 aromatic heterocycles. The average Bonchev–Trinajstić information content (AvgIpc) is 2.97. The van der Waals surface area contributed by atoms with Gasteiger partial charge in [-0.2, -0.15) is 0 Å². The number of aromatic nitrogens is 1. The third kappa shape index (κ3) is 4.93. The summed E-state index contributed by atoms with van der Waals surface area (Å²) < 4.78 is 10.1. The van der Waals surface area contributed by atoms with Crippen molar-refractivity contribution in [2.45, 2.75) is 6.92 Å². The molecule has 7 heteroatoms. The zero-order valence-electron chi connectivity index (χ0n) is 12.2. The second-order valence-corrected chi connectivity index (χ2v) is 4.53. The minimum atomic E-state index is -0.341. The maximum absolute atomic E-state index is 11.6. The van der Waals surface area contributed by atoms with Crippen LogP contribution < -0.4 is 15.4 Å². The molecule has 0 aliphatic heterocycles. The quantitative estimate of drug-likeness (QED) is 0.742. The van der Waals surface area contributed by atoms with E-state index in [9.17, 15) is 9.59 Å². The van der Waals surface area contributed by atoms with Crippen LogP contribution in [0, 0.1) is 6.92 Å². The van der Waals surface area contributed by atoms with Crippen molar-refractivity contribution in [3.8, 4) is 5.75 Å². The van der Waals surface area contributed by atoms with Crippen LogP contribution in [0.1, 0.15) is 16.2 Å². The summed E-state index contributed by atoms with van der Waals surface area (Å²) in [7, 11) is 0. The van der Waals surface area contributed by atoms with Crippen LogP contribution in [0.2, 0.25) is 0 Å². The van der Waals surface area contributed by atoms with Gasteiger partial charge in [-0.05, 0) is 19.1 Å². The van der Waals surface area contributed by atoms with Crippen LogP contribution in [-0.4, -0.2) is 36.7 Å². The third-order valence-corrected chi connectivity index (χ3v) is 2.71. The van der Waals surface area contributed by atoms with Crippen LogP contribution in [0.5, 0.6) is 5.75 Å². The summed E-state index contributed by atoms with van der Waals surface area (Å²) in [6, 6.07) is 10.6. The number of rotatable bonds is 7. The summed E-state index contributed by atoms with van der Waals surface area (Å²) >= 11 is 0. The molecule has 2 N–H and O–H groups in total. The van der Waals surface area contributed by atoms with Crippen LogP contribution in [0.3, 0.4) is 0 Å². The molecule has 0 aliphatic carbocycles. The van der Waals surface area contributed by atoms with Crippen LogP contribution in [-0.2, 0) is 4.79 Å². The van der Waals surface area contributed by atoms with Crippen molar-refractivity contribution in [3.05, 3.63) is 47.9 Å². The van der Waals surface area contributed by atoms with E-state index < -0.39 is 0 Å². The molecular weight excluding hydrogens is 286 g/mol. The van der Waals surface area contributed by atoms with Gasteiger partial charge in [0.15, 0.2) is 12.3 Å². The predicted molar refractivity (Wildman–Crippen MR) is 78.5 cm³/mol. The minimum Gasteiger partial charge on any atom is -0.484 e. The highest BCUT2D eigenvalue weighted by Gasteiger charge is 2.10. The lowest BCUT2D eigenvalue weighted by Crippen LogP contribution is -2.36. The van der Waals surface area contributed by atoms with E-state index in [4.69, 9.17) is 9.26 Å². The van der Waals surface area contributed by atoms with Crippen molar-refractivity contribution in [1.82, 2.24) is 15.8 Å². The molecule has 0 saturated heterocycles. The number of amides is 2. The molecule has 0 fully saturated rings. The summed E-state index contributed by atoms with van der Waals surface area (Å²) in [5.74, 6) is 0.603. The van der Waals surface area contributed by atoms with Gasteiger partial charge in [-0.25, -0.2) is 0 Å². The topological polar surface area (TPSA) is 93.5 Å². The molecule has 116 valence electrons. The molecule has 2 rings (SSSR count). The van der Waals surface area contributed by atoms with Crippen molar-refractivity contribution < 1.29 is 18.8 Å². The first kappa shape index (κ1) is 15.6. The monoisotopic (exact) mass is 303 g/mol. The molecule has 2 amide bonds. The Morgan fingerprint density at radius 3 is 2.59 bits per heavy atom. The smallest absolute Gasteiger partial charge is 0.273 e. The molecule has 22 heavy (non-hydrogen) atoms. The van der Waals surface area contributed by atoms with Crippen LogP contribution in [0.4, 0.5) is 0 Å². The Morgan fingerprint density at radius 2 is 1.91 bits per heavy atom. The molecular formula is C15H17N3O4. The van der Waals surface area contributed by atoms with E-state index in [0.29, 0.717) is 24.6 Å². The number of ether oxygens (including phenoxy) is 1. The second kappa shape index (κ2) is 7.82. The van der Waals surface area contributed by atoms with E-state index in [-0.39, 0.29) is 24.1 Å². The van der Waals surface area contributed by atoms with E-state index >= 15 is 0 Å². The first-order valence-electron chi connectivity index (χ1n) is 6.81. The van der Waals surface area contributed by atoms with Crippen molar-refractivity contribution in [2.75, 3.05) is 19.7 Å². The number of nitrogens with zero attached hydrogens (tertiary/aromatic N) is 1. The molecule has 0 bridgehead atoms. The lowest BCUT2D eigenvalue weighted by Gasteiger charge is -2.07. The SMILES string of the molecule is Cc1cc(C(=O)NCCNC(=O)COc2ccccc2)no1.